The van der Waals surface area contributed by atoms with E-state index in [9.17, 15) is 14.9 Å². The number of anilines is 1. The number of aromatic nitrogens is 2. The molecule has 1 aromatic carbocycles. The molecule has 0 aliphatic carbocycles. The number of carbonyl (C=O) groups is 1. The number of hydrogen-bond acceptors (Lipinski definition) is 7. The Morgan fingerprint density at radius 3 is 2.58 bits per heavy atom. The number of nitrogen functional groups attached to an aromatic ring is 1. The largest absolute Gasteiger partial charge is 0.383 e. The van der Waals surface area contributed by atoms with E-state index in [0.29, 0.717) is 22.5 Å². The van der Waals surface area contributed by atoms with Gasteiger partial charge in [-0.15, -0.1) is 11.3 Å². The molecule has 0 aliphatic rings. The minimum absolute atomic E-state index is 0.00110. The van der Waals surface area contributed by atoms with E-state index in [1.807, 2.05) is 0 Å². The van der Waals surface area contributed by atoms with Crippen LogP contribution in [0.1, 0.15) is 11.3 Å². The Morgan fingerprint density at radius 2 is 1.96 bits per heavy atom. The van der Waals surface area contributed by atoms with E-state index in [0.717, 1.165) is 16.0 Å². The van der Waals surface area contributed by atoms with Crippen molar-refractivity contribution in [1.82, 2.24) is 9.97 Å². The van der Waals surface area contributed by atoms with E-state index in [2.05, 4.69) is 9.97 Å². The Kier molecular flexibility index (Phi) is 4.09. The lowest BCUT2D eigenvalue weighted by molar-refractivity contribution is -0.384. The van der Waals surface area contributed by atoms with Crippen molar-refractivity contribution in [2.24, 2.45) is 5.73 Å². The van der Waals surface area contributed by atoms with Crippen molar-refractivity contribution in [3.8, 4) is 11.1 Å². The lowest BCUT2D eigenvalue weighted by Crippen LogP contribution is -2.10. The first kappa shape index (κ1) is 15.8. The number of hydrogen-bond donors (Lipinski definition) is 2. The number of nitro groups is 1. The molecule has 0 spiro atoms. The number of nitrogens with zero attached hydrogens (tertiary/aromatic N) is 3. The molecule has 0 atom stereocenters. The highest BCUT2D eigenvalue weighted by Gasteiger charge is 2.19. The van der Waals surface area contributed by atoms with Crippen LogP contribution in [0.15, 0.2) is 30.6 Å². The summed E-state index contributed by atoms with van der Waals surface area (Å²) in [7, 11) is 0. The second-order valence-electron chi connectivity index (χ2n) is 5.11. The van der Waals surface area contributed by atoms with Crippen LogP contribution in [0.5, 0.6) is 0 Å². The summed E-state index contributed by atoms with van der Waals surface area (Å²) in [6.45, 7) is 0. The Labute approximate surface area is 140 Å². The molecule has 2 heterocycles. The maximum Gasteiger partial charge on any atom is 0.269 e. The number of thiophene rings is 1. The number of nitrogens with two attached hydrogens (primary N) is 2. The van der Waals surface area contributed by atoms with Crippen molar-refractivity contribution in [1.29, 1.82) is 0 Å². The molecule has 0 aliphatic heterocycles. The first-order valence-electron chi connectivity index (χ1n) is 7.02. The van der Waals surface area contributed by atoms with E-state index in [4.69, 9.17) is 11.5 Å². The monoisotopic (exact) mass is 343 g/mol. The number of carbonyl (C=O) groups excluding carboxylic acids is 1. The van der Waals surface area contributed by atoms with Crippen LogP contribution in [-0.2, 0) is 11.2 Å². The summed E-state index contributed by atoms with van der Waals surface area (Å²) in [4.78, 5) is 31.3. The molecule has 0 fully saturated rings. The molecule has 9 heteroatoms. The summed E-state index contributed by atoms with van der Waals surface area (Å²) < 4.78 is 0. The molecule has 0 unspecified atom stereocenters. The summed E-state index contributed by atoms with van der Waals surface area (Å²) in [5, 5.41) is 11.5. The molecular formula is C15H13N5O3S. The van der Waals surface area contributed by atoms with Crippen LogP contribution in [0.3, 0.4) is 0 Å². The van der Waals surface area contributed by atoms with Crippen LogP contribution in [0.4, 0.5) is 11.5 Å². The van der Waals surface area contributed by atoms with Gasteiger partial charge in [-0.25, -0.2) is 9.97 Å². The van der Waals surface area contributed by atoms with E-state index < -0.39 is 10.8 Å². The number of primary amides is 1. The van der Waals surface area contributed by atoms with Crippen LogP contribution in [-0.4, -0.2) is 20.8 Å². The van der Waals surface area contributed by atoms with Crippen molar-refractivity contribution in [2.45, 2.75) is 12.8 Å². The van der Waals surface area contributed by atoms with Gasteiger partial charge in [-0.2, -0.15) is 0 Å². The van der Waals surface area contributed by atoms with Gasteiger partial charge in [-0.1, -0.05) is 0 Å². The Morgan fingerprint density at radius 1 is 1.25 bits per heavy atom. The van der Waals surface area contributed by atoms with Gasteiger partial charge in [0.2, 0.25) is 5.91 Å². The molecule has 3 rings (SSSR count). The number of nitro benzene ring substituents is 1. The highest BCUT2D eigenvalue weighted by atomic mass is 32.1. The summed E-state index contributed by atoms with van der Waals surface area (Å²) >= 11 is 1.41. The molecular weight excluding hydrogens is 330 g/mol. The van der Waals surface area contributed by atoms with Gasteiger partial charge in [0.25, 0.3) is 5.69 Å². The smallest absolute Gasteiger partial charge is 0.269 e. The van der Waals surface area contributed by atoms with Crippen LogP contribution in [0.25, 0.3) is 21.3 Å². The molecule has 24 heavy (non-hydrogen) atoms. The van der Waals surface area contributed by atoms with Crippen molar-refractivity contribution in [3.63, 3.8) is 0 Å². The van der Waals surface area contributed by atoms with Crippen LogP contribution < -0.4 is 11.5 Å². The number of benzene rings is 1. The van der Waals surface area contributed by atoms with E-state index >= 15 is 0 Å². The van der Waals surface area contributed by atoms with Crippen molar-refractivity contribution >= 4 is 39.0 Å². The maximum absolute atomic E-state index is 11.1. The SMILES string of the molecule is NC(=O)CCc1sc2ncnc(N)c2c1-c1ccc([N+](=O)[O-])cc1. The van der Waals surface area contributed by atoms with Gasteiger partial charge < -0.3 is 11.5 Å². The predicted octanol–water partition coefficient (Wildman–Crippen LogP) is 2.27. The molecule has 4 N–H and O–H groups in total. The van der Waals surface area contributed by atoms with Gasteiger partial charge in [0.1, 0.15) is 17.0 Å². The summed E-state index contributed by atoms with van der Waals surface area (Å²) in [5.74, 6) is -0.0731. The predicted molar refractivity (Wildman–Crippen MR) is 91.4 cm³/mol. The standard InChI is InChI=1S/C15H13N5O3S/c16-11(21)6-5-10-12(8-1-3-9(4-2-8)20(22)23)13-14(17)18-7-19-15(13)24-10/h1-4,7H,5-6H2,(H2,16,21)(H2,17,18,19). The van der Waals surface area contributed by atoms with Crippen molar-refractivity contribution in [3.05, 3.63) is 45.6 Å². The number of aryl methyl sites for hydroxylation is 1. The molecule has 0 saturated carbocycles. The minimum Gasteiger partial charge on any atom is -0.383 e. The zero-order valence-corrected chi connectivity index (χ0v) is 13.2. The van der Waals surface area contributed by atoms with E-state index in [1.54, 1.807) is 12.1 Å². The molecule has 8 nitrogen and oxygen atoms in total. The molecule has 2 aromatic heterocycles. The number of rotatable bonds is 5. The highest BCUT2D eigenvalue weighted by molar-refractivity contribution is 7.19. The van der Waals surface area contributed by atoms with Gasteiger partial charge in [0.15, 0.2) is 0 Å². The van der Waals surface area contributed by atoms with E-state index in [-0.39, 0.29) is 12.1 Å². The molecule has 3 aromatic rings. The zero-order valence-electron chi connectivity index (χ0n) is 12.4. The van der Waals surface area contributed by atoms with E-state index in [1.165, 1.54) is 29.8 Å². The topological polar surface area (TPSA) is 138 Å². The first-order chi connectivity index (χ1) is 11.5. The summed E-state index contributed by atoms with van der Waals surface area (Å²) in [6.07, 6.45) is 2.02. The third-order valence-corrected chi connectivity index (χ3v) is 4.71. The zero-order chi connectivity index (χ0) is 17.3. The Bertz CT molecular complexity index is 936. The van der Waals surface area contributed by atoms with Gasteiger partial charge in [-0.3, -0.25) is 14.9 Å². The van der Waals surface area contributed by atoms with Gasteiger partial charge in [0, 0.05) is 29.0 Å². The van der Waals surface area contributed by atoms with Gasteiger partial charge in [-0.05, 0) is 24.1 Å². The Hall–Kier alpha value is -3.07. The van der Waals surface area contributed by atoms with Crippen molar-refractivity contribution in [2.75, 3.05) is 5.73 Å². The molecule has 0 bridgehead atoms. The lowest BCUT2D eigenvalue weighted by Gasteiger charge is -2.05. The fourth-order valence-electron chi connectivity index (χ4n) is 2.47. The fraction of sp³-hybridized carbons (Fsp3) is 0.133. The minimum atomic E-state index is -0.457. The third-order valence-electron chi connectivity index (χ3n) is 3.56. The molecule has 0 radical (unpaired) electrons. The van der Waals surface area contributed by atoms with Crippen molar-refractivity contribution < 1.29 is 9.72 Å². The van der Waals surface area contributed by atoms with Crippen LogP contribution in [0, 0.1) is 10.1 Å². The molecule has 122 valence electrons. The quantitative estimate of drug-likeness (QED) is 0.538. The molecule has 0 saturated heterocycles. The second kappa shape index (κ2) is 6.20. The average molecular weight is 343 g/mol. The normalized spacial score (nSPS) is 10.8. The van der Waals surface area contributed by atoms with Crippen LogP contribution >= 0.6 is 11.3 Å². The Balaban J connectivity index is 2.17. The number of fused-ring (bicyclic) bond motifs is 1. The lowest BCUT2D eigenvalue weighted by atomic mass is 10.0. The third kappa shape index (κ3) is 2.88. The number of non-ortho nitro benzene ring substituents is 1. The summed E-state index contributed by atoms with van der Waals surface area (Å²) in [6, 6.07) is 6.16. The van der Waals surface area contributed by atoms with Crippen LogP contribution in [0.2, 0.25) is 0 Å². The highest BCUT2D eigenvalue weighted by Crippen LogP contribution is 2.40. The van der Waals surface area contributed by atoms with Gasteiger partial charge >= 0.3 is 0 Å². The number of amides is 1. The maximum atomic E-state index is 11.1. The summed E-state index contributed by atoms with van der Waals surface area (Å²) in [5.41, 5.74) is 12.8. The average Bonchev–Trinajstić information content (AvgIpc) is 2.93. The first-order valence-corrected chi connectivity index (χ1v) is 7.84. The fourth-order valence-corrected chi connectivity index (χ4v) is 3.64. The molecule has 1 amide bonds. The van der Waals surface area contributed by atoms with Gasteiger partial charge in [0.05, 0.1) is 10.3 Å². The second-order valence-corrected chi connectivity index (χ2v) is 6.19.